The van der Waals surface area contributed by atoms with Crippen LogP contribution >= 0.6 is 23.2 Å². The van der Waals surface area contributed by atoms with Gasteiger partial charge in [-0.3, -0.25) is 4.72 Å². The van der Waals surface area contributed by atoms with Crippen LogP contribution in [0.4, 0.5) is 17.2 Å². The van der Waals surface area contributed by atoms with Crippen molar-refractivity contribution in [2.45, 2.75) is 32.4 Å². The molecule has 3 rings (SSSR count). The van der Waals surface area contributed by atoms with Crippen molar-refractivity contribution in [2.75, 3.05) is 22.9 Å². The topological polar surface area (TPSA) is 98.1 Å². The fourth-order valence-corrected chi connectivity index (χ4v) is 4.64. The molecule has 0 spiro atoms. The molecule has 2 heterocycles. The molecule has 0 unspecified atom stereocenters. The normalized spacial score (nSPS) is 12.3. The minimum absolute atomic E-state index is 0.0293. The van der Waals surface area contributed by atoms with E-state index >= 15 is 0 Å². The number of benzene rings is 1. The number of halogens is 2. The first-order valence-corrected chi connectivity index (χ1v) is 15.9. The predicted octanol–water partition coefficient (Wildman–Crippen LogP) is 5.17. The van der Waals surface area contributed by atoms with E-state index in [4.69, 9.17) is 27.9 Å². The van der Waals surface area contributed by atoms with Gasteiger partial charge in [0.2, 0.25) is 15.3 Å². The number of anilines is 3. The second-order valence-electron chi connectivity index (χ2n) is 8.38. The highest BCUT2D eigenvalue weighted by atomic mass is 35.5. The number of hydrogen-bond acceptors (Lipinski definition) is 6. The Morgan fingerprint density at radius 2 is 1.81 bits per heavy atom. The number of nitrogens with zero attached hydrogens (tertiary/aromatic N) is 3. The van der Waals surface area contributed by atoms with Gasteiger partial charge in [-0.05, 0) is 29.8 Å². The van der Waals surface area contributed by atoms with Crippen LogP contribution in [0.3, 0.4) is 0 Å². The van der Waals surface area contributed by atoms with Crippen LogP contribution in [0.25, 0.3) is 11.0 Å². The molecule has 168 valence electrons. The molecular weight excluding hydrogens is 477 g/mol. The van der Waals surface area contributed by atoms with Crippen LogP contribution in [-0.2, 0) is 21.5 Å². The van der Waals surface area contributed by atoms with Gasteiger partial charge in [-0.15, -0.1) is 0 Å². The Balaban J connectivity index is 1.92. The quantitative estimate of drug-likeness (QED) is 0.238. The minimum Gasteiger partial charge on any atom is -0.361 e. The number of para-hydroxylation sites is 2. The Kier molecular flexibility index (Phi) is 7.17. The number of fused-ring (bicyclic) bond motifs is 1. The molecule has 31 heavy (non-hydrogen) atoms. The third-order valence-corrected chi connectivity index (χ3v) is 7.10. The first-order chi connectivity index (χ1) is 14.4. The molecule has 0 radical (unpaired) electrons. The lowest BCUT2D eigenvalue weighted by Crippen LogP contribution is -2.22. The third kappa shape index (κ3) is 6.56. The monoisotopic (exact) mass is 501 g/mol. The lowest BCUT2D eigenvalue weighted by Gasteiger charge is -2.16. The molecule has 0 aliphatic carbocycles. The van der Waals surface area contributed by atoms with Crippen LogP contribution in [-0.4, -0.2) is 43.9 Å². The minimum atomic E-state index is -3.46. The zero-order valence-corrected chi connectivity index (χ0v) is 21.1. The van der Waals surface area contributed by atoms with Gasteiger partial charge in [0.05, 0.1) is 28.0 Å². The molecule has 0 fully saturated rings. The molecule has 0 atom stereocenters. The first kappa shape index (κ1) is 23.8. The fourth-order valence-electron chi connectivity index (χ4n) is 2.85. The van der Waals surface area contributed by atoms with Crippen molar-refractivity contribution in [2.24, 2.45) is 0 Å². The van der Waals surface area contributed by atoms with Crippen LogP contribution in [0.2, 0.25) is 36.0 Å². The molecule has 0 bridgehead atoms. The molecule has 8 nitrogen and oxygen atoms in total. The van der Waals surface area contributed by atoms with Crippen LogP contribution in [0.1, 0.15) is 0 Å². The highest BCUT2D eigenvalue weighted by molar-refractivity contribution is 7.92. The maximum absolute atomic E-state index is 11.7. The van der Waals surface area contributed by atoms with Gasteiger partial charge in [0.25, 0.3) is 0 Å². The van der Waals surface area contributed by atoms with Crippen molar-refractivity contribution in [3.63, 3.8) is 0 Å². The van der Waals surface area contributed by atoms with Crippen molar-refractivity contribution in [1.29, 1.82) is 0 Å². The van der Waals surface area contributed by atoms with Gasteiger partial charge >= 0.3 is 0 Å². The summed E-state index contributed by atoms with van der Waals surface area (Å²) in [6.45, 7) is 7.81. The largest absolute Gasteiger partial charge is 0.361 e. The summed E-state index contributed by atoms with van der Waals surface area (Å²) in [6.07, 6.45) is 2.81. The zero-order chi connectivity index (χ0) is 22.8. The maximum atomic E-state index is 11.7. The standard InChI is InChI=1S/C19H25Cl2N5O3SSi/c1-30(27,28)25-15-8-6-5-7-14(15)22-17-16-13(20)11-26(18(16)24-19(21)23-17)12-29-9-10-31(2,3)4/h5-8,11,25H,9-10,12H2,1-4H3,(H,22,23,24). The van der Waals surface area contributed by atoms with Gasteiger partial charge in [0.15, 0.2) is 5.65 Å². The van der Waals surface area contributed by atoms with E-state index in [-0.39, 0.29) is 12.0 Å². The highest BCUT2D eigenvalue weighted by Crippen LogP contribution is 2.34. The number of aromatic nitrogens is 3. The van der Waals surface area contributed by atoms with Crippen molar-refractivity contribution < 1.29 is 13.2 Å². The van der Waals surface area contributed by atoms with Gasteiger partial charge in [-0.2, -0.15) is 9.97 Å². The average Bonchev–Trinajstić information content (AvgIpc) is 2.94. The van der Waals surface area contributed by atoms with Gasteiger partial charge in [-0.1, -0.05) is 43.4 Å². The molecule has 3 aromatic rings. The second-order valence-corrected chi connectivity index (χ2v) is 16.5. The zero-order valence-electron chi connectivity index (χ0n) is 17.7. The first-order valence-electron chi connectivity index (χ1n) is 9.56. The predicted molar refractivity (Wildman–Crippen MR) is 130 cm³/mol. The Labute approximate surface area is 193 Å². The van der Waals surface area contributed by atoms with Crippen LogP contribution < -0.4 is 10.0 Å². The van der Waals surface area contributed by atoms with Crippen molar-refractivity contribution >= 4 is 69.5 Å². The summed E-state index contributed by atoms with van der Waals surface area (Å²) >= 11 is 12.7. The lowest BCUT2D eigenvalue weighted by molar-refractivity contribution is 0.0899. The highest BCUT2D eigenvalue weighted by Gasteiger charge is 2.18. The molecule has 0 aliphatic heterocycles. The van der Waals surface area contributed by atoms with Crippen LogP contribution in [0.5, 0.6) is 0 Å². The number of nitrogens with one attached hydrogen (secondary N) is 2. The van der Waals surface area contributed by atoms with E-state index in [0.717, 1.165) is 12.3 Å². The Bertz CT molecular complexity index is 1200. The smallest absolute Gasteiger partial charge is 0.229 e. The van der Waals surface area contributed by atoms with Gasteiger partial charge in [0, 0.05) is 20.9 Å². The number of hydrogen-bond donors (Lipinski definition) is 2. The van der Waals surface area contributed by atoms with E-state index < -0.39 is 18.1 Å². The SMILES string of the molecule is C[Si](C)(C)CCOCn1cc(Cl)c2c(Nc3ccccc3NS(C)(=O)=O)nc(Cl)nc21. The Morgan fingerprint density at radius 1 is 1.13 bits per heavy atom. The Morgan fingerprint density at radius 3 is 2.45 bits per heavy atom. The summed E-state index contributed by atoms with van der Waals surface area (Å²) in [6, 6.07) is 7.91. The molecule has 2 N–H and O–H groups in total. The van der Waals surface area contributed by atoms with Gasteiger partial charge in [-0.25, -0.2) is 8.42 Å². The number of sulfonamides is 1. The van der Waals surface area contributed by atoms with Crippen LogP contribution in [0, 0.1) is 0 Å². The maximum Gasteiger partial charge on any atom is 0.229 e. The average molecular weight is 503 g/mol. The van der Waals surface area contributed by atoms with E-state index in [1.165, 1.54) is 0 Å². The summed E-state index contributed by atoms with van der Waals surface area (Å²) in [5, 5.41) is 4.15. The summed E-state index contributed by atoms with van der Waals surface area (Å²) in [7, 11) is -4.66. The second kappa shape index (κ2) is 9.33. The van der Waals surface area contributed by atoms with E-state index in [1.54, 1.807) is 35.0 Å². The van der Waals surface area contributed by atoms with E-state index in [9.17, 15) is 8.42 Å². The van der Waals surface area contributed by atoms with Crippen molar-refractivity contribution in [3.05, 3.63) is 40.8 Å². The molecule has 0 amide bonds. The molecule has 1 aromatic carbocycles. The summed E-state index contributed by atoms with van der Waals surface area (Å²) in [5.74, 6) is 0.364. The molecule has 0 aliphatic rings. The van der Waals surface area contributed by atoms with E-state index in [0.29, 0.717) is 39.9 Å². The molecule has 0 saturated heterocycles. The van der Waals surface area contributed by atoms with E-state index in [2.05, 4.69) is 39.6 Å². The fraction of sp³-hybridized carbons (Fsp3) is 0.368. The summed E-state index contributed by atoms with van der Waals surface area (Å²) < 4.78 is 33.5. The molecular formula is C19H25Cl2N5O3SSi. The summed E-state index contributed by atoms with van der Waals surface area (Å²) in [5.41, 5.74) is 1.39. The molecule has 2 aromatic heterocycles. The number of ether oxygens (including phenoxy) is 1. The van der Waals surface area contributed by atoms with Crippen molar-refractivity contribution in [1.82, 2.24) is 14.5 Å². The number of rotatable bonds is 9. The third-order valence-electron chi connectivity index (χ3n) is 4.34. The van der Waals surface area contributed by atoms with Gasteiger partial charge < -0.3 is 14.6 Å². The van der Waals surface area contributed by atoms with Crippen molar-refractivity contribution in [3.8, 4) is 0 Å². The molecule has 0 saturated carbocycles. The lowest BCUT2D eigenvalue weighted by atomic mass is 10.2. The Hall–Kier alpha value is -1.85. The van der Waals surface area contributed by atoms with Gasteiger partial charge in [0.1, 0.15) is 12.5 Å². The van der Waals surface area contributed by atoms with E-state index in [1.807, 2.05) is 0 Å². The summed E-state index contributed by atoms with van der Waals surface area (Å²) in [4.78, 5) is 8.59. The van der Waals surface area contributed by atoms with Crippen LogP contribution in [0.15, 0.2) is 30.5 Å². The molecule has 12 heteroatoms.